The molecule has 2 aromatic heterocycles. The van der Waals surface area contributed by atoms with Gasteiger partial charge in [-0.05, 0) is 68.0 Å². The second-order valence-corrected chi connectivity index (χ2v) is 10.1. The number of ether oxygens (including phenoxy) is 1. The summed E-state index contributed by atoms with van der Waals surface area (Å²) in [6.45, 7) is 9.32. The summed E-state index contributed by atoms with van der Waals surface area (Å²) in [6.07, 6.45) is 1.80. The highest BCUT2D eigenvalue weighted by molar-refractivity contribution is 7.80. The monoisotopic (exact) mass is 525 g/mol. The van der Waals surface area contributed by atoms with Gasteiger partial charge in [0.1, 0.15) is 0 Å². The highest BCUT2D eigenvalue weighted by Gasteiger charge is 2.42. The number of carbonyl (C=O) groups excluding carboxylic acids is 1. The Morgan fingerprint density at radius 1 is 1.25 bits per heavy atom. The number of pyridine rings is 1. The van der Waals surface area contributed by atoms with Crippen molar-refractivity contribution in [2.24, 2.45) is 5.92 Å². The first-order chi connectivity index (χ1) is 17.2. The van der Waals surface area contributed by atoms with Crippen molar-refractivity contribution >= 4 is 46.2 Å². The molecule has 36 heavy (non-hydrogen) atoms. The van der Waals surface area contributed by atoms with Crippen molar-refractivity contribution < 1.29 is 9.53 Å². The number of aromatic nitrogens is 2. The van der Waals surface area contributed by atoms with Gasteiger partial charge in [-0.3, -0.25) is 9.78 Å². The van der Waals surface area contributed by atoms with Crippen LogP contribution in [0.3, 0.4) is 0 Å². The molecule has 1 saturated heterocycles. The fourth-order valence-corrected chi connectivity index (χ4v) is 5.20. The quantitative estimate of drug-likeness (QED) is 0.374. The van der Waals surface area contributed by atoms with Gasteiger partial charge in [-0.25, -0.2) is 0 Å². The van der Waals surface area contributed by atoms with E-state index in [4.69, 9.17) is 28.6 Å². The molecule has 1 aliphatic heterocycles. The van der Waals surface area contributed by atoms with Gasteiger partial charge in [0.25, 0.3) is 0 Å². The molecule has 190 valence electrons. The van der Waals surface area contributed by atoms with Gasteiger partial charge in [0.15, 0.2) is 5.11 Å². The van der Waals surface area contributed by atoms with Gasteiger partial charge in [0.2, 0.25) is 5.91 Å². The SMILES string of the molecule is COCCn1c(C)cc([C@@H]2[C@@H](c3ccccn3)NC(=S)N2c2ccc(NC(=O)C(C)C)c(Cl)c2)c1C. The highest BCUT2D eigenvalue weighted by Crippen LogP contribution is 2.44. The van der Waals surface area contributed by atoms with E-state index < -0.39 is 0 Å². The fraction of sp³-hybridized carbons (Fsp3) is 0.370. The zero-order valence-electron chi connectivity index (χ0n) is 21.2. The van der Waals surface area contributed by atoms with Crippen LogP contribution in [0.5, 0.6) is 0 Å². The molecule has 2 atom stereocenters. The number of hydrogen-bond acceptors (Lipinski definition) is 4. The van der Waals surface area contributed by atoms with Crippen LogP contribution in [0.2, 0.25) is 5.02 Å². The molecule has 1 aliphatic rings. The molecular formula is C27H32ClN5O2S. The summed E-state index contributed by atoms with van der Waals surface area (Å²) in [5.74, 6) is -0.229. The molecule has 0 spiro atoms. The number of halogens is 1. The molecule has 1 fully saturated rings. The molecule has 0 unspecified atom stereocenters. The normalized spacial score (nSPS) is 17.5. The molecule has 0 aliphatic carbocycles. The maximum atomic E-state index is 12.2. The van der Waals surface area contributed by atoms with E-state index in [-0.39, 0.29) is 23.9 Å². The average Bonchev–Trinajstić information content (AvgIpc) is 3.34. The molecule has 2 N–H and O–H groups in total. The predicted octanol–water partition coefficient (Wildman–Crippen LogP) is 5.57. The molecule has 3 heterocycles. The molecule has 0 radical (unpaired) electrons. The first-order valence-corrected chi connectivity index (χ1v) is 12.8. The Hall–Kier alpha value is -2.94. The molecule has 1 aromatic carbocycles. The maximum absolute atomic E-state index is 12.2. The summed E-state index contributed by atoms with van der Waals surface area (Å²) in [5.41, 5.74) is 5.78. The topological polar surface area (TPSA) is 71.4 Å². The first kappa shape index (κ1) is 26.1. The number of benzene rings is 1. The van der Waals surface area contributed by atoms with Crippen LogP contribution < -0.4 is 15.5 Å². The van der Waals surface area contributed by atoms with E-state index in [1.54, 1.807) is 13.3 Å². The molecular weight excluding hydrogens is 494 g/mol. The number of methoxy groups -OCH3 is 1. The van der Waals surface area contributed by atoms with Crippen LogP contribution in [-0.2, 0) is 16.1 Å². The van der Waals surface area contributed by atoms with Gasteiger partial charge >= 0.3 is 0 Å². The van der Waals surface area contributed by atoms with Crippen LogP contribution in [0.15, 0.2) is 48.7 Å². The summed E-state index contributed by atoms with van der Waals surface area (Å²) < 4.78 is 7.61. The van der Waals surface area contributed by atoms with Crippen molar-refractivity contribution in [1.29, 1.82) is 0 Å². The molecule has 7 nitrogen and oxygen atoms in total. The minimum Gasteiger partial charge on any atom is -0.383 e. The van der Waals surface area contributed by atoms with Crippen LogP contribution >= 0.6 is 23.8 Å². The van der Waals surface area contributed by atoms with Crippen molar-refractivity contribution in [1.82, 2.24) is 14.9 Å². The van der Waals surface area contributed by atoms with E-state index in [1.165, 1.54) is 0 Å². The molecule has 4 rings (SSSR count). The van der Waals surface area contributed by atoms with Gasteiger partial charge in [-0.15, -0.1) is 0 Å². The lowest BCUT2D eigenvalue weighted by Gasteiger charge is -2.28. The van der Waals surface area contributed by atoms with Crippen LogP contribution in [0, 0.1) is 19.8 Å². The lowest BCUT2D eigenvalue weighted by molar-refractivity contribution is -0.118. The fourth-order valence-electron chi connectivity index (χ4n) is 4.64. The summed E-state index contributed by atoms with van der Waals surface area (Å²) in [4.78, 5) is 18.9. The van der Waals surface area contributed by atoms with E-state index in [0.717, 1.165) is 34.9 Å². The number of aryl methyl sites for hydroxylation is 1. The van der Waals surface area contributed by atoms with Crippen LogP contribution in [-0.4, -0.2) is 34.3 Å². The number of anilines is 2. The smallest absolute Gasteiger partial charge is 0.226 e. The van der Waals surface area contributed by atoms with Gasteiger partial charge in [-0.2, -0.15) is 0 Å². The second kappa shape index (κ2) is 11.0. The third kappa shape index (κ3) is 5.12. The van der Waals surface area contributed by atoms with Gasteiger partial charge in [-0.1, -0.05) is 31.5 Å². The molecule has 9 heteroatoms. The third-order valence-corrected chi connectivity index (χ3v) is 7.19. The largest absolute Gasteiger partial charge is 0.383 e. The number of rotatable bonds is 8. The highest BCUT2D eigenvalue weighted by atomic mass is 35.5. The van der Waals surface area contributed by atoms with Crippen LogP contribution in [0.1, 0.15) is 48.6 Å². The summed E-state index contributed by atoms with van der Waals surface area (Å²) >= 11 is 12.5. The zero-order chi connectivity index (χ0) is 26.0. The minimum atomic E-state index is -0.158. The van der Waals surface area contributed by atoms with Crippen molar-refractivity contribution in [3.05, 3.63) is 76.3 Å². The van der Waals surface area contributed by atoms with E-state index in [1.807, 2.05) is 50.2 Å². The standard InChI is InChI=1S/C27H32ClN5O2S/c1-16(2)26(34)30-22-10-9-19(15-21(22)28)33-25(20-14-17(3)32(18(20)4)12-13-35-5)24(31-27(33)36)23-8-6-7-11-29-23/h6-11,14-16,24-25H,12-13H2,1-5H3,(H,30,34)(H,31,36)/t24-,25-/m1/s1. The number of amides is 1. The van der Waals surface area contributed by atoms with E-state index >= 15 is 0 Å². The molecule has 3 aromatic rings. The Balaban J connectivity index is 1.78. The van der Waals surface area contributed by atoms with Crippen molar-refractivity contribution in [2.75, 3.05) is 23.9 Å². The first-order valence-electron chi connectivity index (χ1n) is 12.0. The van der Waals surface area contributed by atoms with Gasteiger partial charge < -0.3 is 24.8 Å². The Bertz CT molecular complexity index is 1260. The van der Waals surface area contributed by atoms with Crippen LogP contribution in [0.4, 0.5) is 11.4 Å². The molecule has 0 saturated carbocycles. The van der Waals surface area contributed by atoms with Gasteiger partial charge in [0.05, 0.1) is 35.1 Å². The molecule has 1 amide bonds. The number of carbonyl (C=O) groups is 1. The van der Waals surface area contributed by atoms with Crippen molar-refractivity contribution in [3.63, 3.8) is 0 Å². The third-order valence-electron chi connectivity index (χ3n) is 6.56. The Morgan fingerprint density at radius 3 is 2.67 bits per heavy atom. The Labute approximate surface area is 222 Å². The lowest BCUT2D eigenvalue weighted by Crippen LogP contribution is -2.29. The van der Waals surface area contributed by atoms with E-state index in [0.29, 0.717) is 22.4 Å². The lowest BCUT2D eigenvalue weighted by atomic mass is 9.96. The number of nitrogens with zero attached hydrogens (tertiary/aromatic N) is 3. The van der Waals surface area contributed by atoms with Crippen LogP contribution in [0.25, 0.3) is 0 Å². The average molecular weight is 526 g/mol. The number of nitrogens with one attached hydrogen (secondary N) is 2. The van der Waals surface area contributed by atoms with E-state index in [9.17, 15) is 4.79 Å². The maximum Gasteiger partial charge on any atom is 0.226 e. The predicted molar refractivity (Wildman–Crippen MR) is 149 cm³/mol. The summed E-state index contributed by atoms with van der Waals surface area (Å²) in [5, 5.41) is 7.43. The van der Waals surface area contributed by atoms with Gasteiger partial charge in [0, 0.05) is 42.8 Å². The summed E-state index contributed by atoms with van der Waals surface area (Å²) in [6, 6.07) is 13.4. The molecule has 0 bridgehead atoms. The number of hydrogen-bond donors (Lipinski definition) is 2. The summed E-state index contributed by atoms with van der Waals surface area (Å²) in [7, 11) is 1.71. The number of thiocarbonyl (C=S) groups is 1. The Kier molecular flexibility index (Phi) is 7.97. The Morgan fingerprint density at radius 2 is 2.03 bits per heavy atom. The minimum absolute atomic E-state index is 0.0837. The zero-order valence-corrected chi connectivity index (χ0v) is 22.8. The second-order valence-electron chi connectivity index (χ2n) is 9.28. The van der Waals surface area contributed by atoms with Crippen molar-refractivity contribution in [2.45, 2.75) is 46.3 Å². The van der Waals surface area contributed by atoms with Crippen molar-refractivity contribution in [3.8, 4) is 0 Å². The van der Waals surface area contributed by atoms with E-state index in [2.05, 4.69) is 45.0 Å².